The molecule has 132 valence electrons. The Balaban J connectivity index is 1.87. The van der Waals surface area contributed by atoms with Crippen LogP contribution in [-0.4, -0.2) is 48.4 Å². The summed E-state index contributed by atoms with van der Waals surface area (Å²) in [5.41, 5.74) is 0.655. The van der Waals surface area contributed by atoms with E-state index in [9.17, 15) is 9.90 Å². The normalized spacial score (nSPS) is 20.7. The zero-order valence-electron chi connectivity index (χ0n) is 14.8. The monoisotopic (exact) mass is 341 g/mol. The van der Waals surface area contributed by atoms with E-state index in [1.807, 2.05) is 35.6 Å². The Bertz CT molecular complexity index is 1000. The smallest absolute Gasteiger partial charge is 0.262 e. The number of benzene rings is 1. The third-order valence-electron chi connectivity index (χ3n) is 5.22. The van der Waals surface area contributed by atoms with Crippen LogP contribution >= 0.6 is 0 Å². The van der Waals surface area contributed by atoms with Crippen molar-refractivity contribution in [1.29, 1.82) is 0 Å². The van der Waals surface area contributed by atoms with Crippen LogP contribution in [0, 0.1) is 5.41 Å². The molecule has 1 N–H and O–H groups in total. The molecule has 1 aliphatic heterocycles. The Hall–Kier alpha value is -2.25. The van der Waals surface area contributed by atoms with Crippen molar-refractivity contribution in [2.45, 2.75) is 40.0 Å². The van der Waals surface area contributed by atoms with E-state index in [0.717, 1.165) is 17.9 Å². The molecule has 1 aromatic carbocycles. The van der Waals surface area contributed by atoms with Crippen LogP contribution in [0.4, 0.5) is 0 Å². The molecule has 1 saturated heterocycles. The third kappa shape index (κ3) is 2.46. The number of aliphatic hydroxyl groups is 1. The van der Waals surface area contributed by atoms with Crippen molar-refractivity contribution < 1.29 is 5.11 Å². The number of aromatic nitrogens is 4. The van der Waals surface area contributed by atoms with Gasteiger partial charge in [-0.05, 0) is 19.1 Å². The van der Waals surface area contributed by atoms with Crippen molar-refractivity contribution >= 4 is 16.7 Å². The number of nitrogens with zero attached hydrogens (tertiary/aromatic N) is 5. The van der Waals surface area contributed by atoms with Crippen molar-refractivity contribution in [2.75, 3.05) is 13.1 Å². The Labute approximate surface area is 145 Å². The van der Waals surface area contributed by atoms with Gasteiger partial charge in [-0.3, -0.25) is 18.7 Å². The summed E-state index contributed by atoms with van der Waals surface area (Å²) in [5.74, 6) is 1.36. The summed E-state index contributed by atoms with van der Waals surface area (Å²) in [5, 5.41) is 19.5. The van der Waals surface area contributed by atoms with E-state index in [0.29, 0.717) is 30.8 Å². The standard InChI is InChI=1S/C18H23N5O2/c1-4-22-16(25)12-7-5-6-8-13(12)23-15(19-20-17(22)23)10-21-9-14(24)18(2,3)11-21/h5-8,14,24H,4,9-11H2,1-3H3. The molecule has 25 heavy (non-hydrogen) atoms. The molecule has 0 aliphatic carbocycles. The molecule has 0 spiro atoms. The van der Waals surface area contributed by atoms with Crippen molar-refractivity contribution in [3.8, 4) is 0 Å². The largest absolute Gasteiger partial charge is 0.391 e. The minimum absolute atomic E-state index is 0.0396. The van der Waals surface area contributed by atoms with Gasteiger partial charge in [-0.2, -0.15) is 0 Å². The summed E-state index contributed by atoms with van der Waals surface area (Å²) in [7, 11) is 0. The molecule has 0 bridgehead atoms. The first-order valence-corrected chi connectivity index (χ1v) is 8.68. The van der Waals surface area contributed by atoms with Crippen molar-refractivity contribution in [1.82, 2.24) is 24.1 Å². The summed E-state index contributed by atoms with van der Waals surface area (Å²) in [4.78, 5) is 14.9. The second kappa shape index (κ2) is 5.64. The van der Waals surface area contributed by atoms with Gasteiger partial charge < -0.3 is 5.11 Å². The average molecular weight is 341 g/mol. The van der Waals surface area contributed by atoms with E-state index in [1.54, 1.807) is 4.57 Å². The Morgan fingerprint density at radius 1 is 1.28 bits per heavy atom. The molecule has 2 aromatic heterocycles. The maximum atomic E-state index is 12.7. The number of aryl methyl sites for hydroxylation is 1. The summed E-state index contributed by atoms with van der Waals surface area (Å²) >= 11 is 0. The number of fused-ring (bicyclic) bond motifs is 3. The highest BCUT2D eigenvalue weighted by molar-refractivity contribution is 5.80. The zero-order chi connectivity index (χ0) is 17.8. The van der Waals surface area contributed by atoms with E-state index >= 15 is 0 Å². The molecule has 1 fully saturated rings. The lowest BCUT2D eigenvalue weighted by Crippen LogP contribution is -2.26. The summed E-state index contributed by atoms with van der Waals surface area (Å²) < 4.78 is 3.62. The van der Waals surface area contributed by atoms with Gasteiger partial charge in [0.1, 0.15) is 0 Å². The lowest BCUT2D eigenvalue weighted by Gasteiger charge is -2.21. The molecule has 0 saturated carbocycles. The minimum Gasteiger partial charge on any atom is -0.391 e. The summed E-state index contributed by atoms with van der Waals surface area (Å²) in [6.07, 6.45) is -0.350. The topological polar surface area (TPSA) is 75.7 Å². The Kier molecular flexibility index (Phi) is 3.66. The fourth-order valence-corrected chi connectivity index (χ4v) is 3.76. The van der Waals surface area contributed by atoms with Crippen molar-refractivity contribution in [3.05, 3.63) is 40.4 Å². The highest BCUT2D eigenvalue weighted by Crippen LogP contribution is 2.30. The first kappa shape index (κ1) is 16.2. The Morgan fingerprint density at radius 3 is 2.72 bits per heavy atom. The van der Waals surface area contributed by atoms with E-state index in [-0.39, 0.29) is 17.1 Å². The van der Waals surface area contributed by atoms with Crippen LogP contribution in [0.1, 0.15) is 26.6 Å². The number of β-amino-alcohol motifs (C(OH)–C–C–N with tert-alkyl or cyclic N) is 1. The molecule has 3 aromatic rings. The first-order chi connectivity index (χ1) is 11.9. The highest BCUT2D eigenvalue weighted by atomic mass is 16.3. The number of rotatable bonds is 3. The quantitative estimate of drug-likeness (QED) is 0.776. The van der Waals surface area contributed by atoms with Gasteiger partial charge in [-0.15, -0.1) is 10.2 Å². The van der Waals surface area contributed by atoms with Gasteiger partial charge in [-0.1, -0.05) is 26.0 Å². The first-order valence-electron chi connectivity index (χ1n) is 8.68. The number of para-hydroxylation sites is 1. The molecule has 0 radical (unpaired) electrons. The lowest BCUT2D eigenvalue weighted by atomic mass is 9.90. The summed E-state index contributed by atoms with van der Waals surface area (Å²) in [6, 6.07) is 7.57. The maximum absolute atomic E-state index is 12.7. The van der Waals surface area contributed by atoms with Gasteiger partial charge in [0.15, 0.2) is 5.82 Å². The van der Waals surface area contributed by atoms with Gasteiger partial charge in [0.2, 0.25) is 5.78 Å². The molecule has 0 amide bonds. The number of likely N-dealkylation sites (tertiary alicyclic amines) is 1. The third-order valence-corrected chi connectivity index (χ3v) is 5.22. The van der Waals surface area contributed by atoms with Gasteiger partial charge in [0, 0.05) is 25.0 Å². The maximum Gasteiger partial charge on any atom is 0.262 e. The van der Waals surface area contributed by atoms with Crippen molar-refractivity contribution in [2.24, 2.45) is 5.41 Å². The van der Waals surface area contributed by atoms with Crippen LogP contribution in [0.15, 0.2) is 29.1 Å². The van der Waals surface area contributed by atoms with Crippen LogP contribution in [0.2, 0.25) is 0 Å². The predicted octanol–water partition coefficient (Wildman–Crippen LogP) is 1.27. The molecular formula is C18H23N5O2. The molecule has 4 rings (SSSR count). The SMILES string of the molecule is CCn1c(=O)c2ccccc2n2c(CN3CC(O)C(C)(C)C3)nnc12. The molecule has 3 heterocycles. The fraction of sp³-hybridized carbons (Fsp3) is 0.500. The predicted molar refractivity (Wildman–Crippen MR) is 95.5 cm³/mol. The second-order valence-corrected chi connectivity index (χ2v) is 7.49. The van der Waals surface area contributed by atoms with Gasteiger partial charge in [0.25, 0.3) is 5.56 Å². The van der Waals surface area contributed by atoms with E-state index in [2.05, 4.69) is 28.9 Å². The van der Waals surface area contributed by atoms with Gasteiger partial charge in [-0.25, -0.2) is 0 Å². The van der Waals surface area contributed by atoms with Crippen LogP contribution in [-0.2, 0) is 13.1 Å². The highest BCUT2D eigenvalue weighted by Gasteiger charge is 2.38. The molecule has 1 aliphatic rings. The van der Waals surface area contributed by atoms with E-state index < -0.39 is 0 Å². The number of hydrogen-bond donors (Lipinski definition) is 1. The van der Waals surface area contributed by atoms with E-state index in [4.69, 9.17) is 0 Å². The van der Waals surface area contributed by atoms with Crippen LogP contribution in [0.3, 0.4) is 0 Å². The van der Waals surface area contributed by atoms with Crippen LogP contribution in [0.25, 0.3) is 16.7 Å². The second-order valence-electron chi connectivity index (χ2n) is 7.49. The number of hydrogen-bond acceptors (Lipinski definition) is 5. The molecule has 7 nitrogen and oxygen atoms in total. The number of aliphatic hydroxyl groups excluding tert-OH is 1. The van der Waals surface area contributed by atoms with Crippen molar-refractivity contribution in [3.63, 3.8) is 0 Å². The van der Waals surface area contributed by atoms with Gasteiger partial charge >= 0.3 is 0 Å². The summed E-state index contributed by atoms with van der Waals surface area (Å²) in [6.45, 7) is 8.63. The molecule has 1 unspecified atom stereocenters. The average Bonchev–Trinajstić information content (AvgIpc) is 3.09. The molecule has 1 atom stereocenters. The Morgan fingerprint density at radius 2 is 2.04 bits per heavy atom. The minimum atomic E-state index is -0.350. The lowest BCUT2D eigenvalue weighted by molar-refractivity contribution is 0.0954. The molecule has 7 heteroatoms. The van der Waals surface area contributed by atoms with Crippen LogP contribution in [0.5, 0.6) is 0 Å². The molecular weight excluding hydrogens is 318 g/mol. The van der Waals surface area contributed by atoms with Gasteiger partial charge in [0.05, 0.1) is 23.6 Å². The van der Waals surface area contributed by atoms with E-state index in [1.165, 1.54) is 0 Å². The fourth-order valence-electron chi connectivity index (χ4n) is 3.76. The van der Waals surface area contributed by atoms with Crippen LogP contribution < -0.4 is 5.56 Å². The zero-order valence-corrected chi connectivity index (χ0v) is 14.8.